The van der Waals surface area contributed by atoms with E-state index in [-0.39, 0.29) is 5.28 Å². The molecule has 0 atom stereocenters. The smallest absolute Gasteiger partial charge is 0.224 e. The lowest BCUT2D eigenvalue weighted by Crippen LogP contribution is -2.14. The second-order valence-corrected chi connectivity index (χ2v) is 10.2. The maximum Gasteiger partial charge on any atom is 0.224 e. The van der Waals surface area contributed by atoms with E-state index in [4.69, 9.17) is 11.6 Å². The summed E-state index contributed by atoms with van der Waals surface area (Å²) in [5.74, 6) is 0.556. The molecule has 0 saturated carbocycles. The molecule has 0 aliphatic carbocycles. The van der Waals surface area contributed by atoms with Crippen LogP contribution in [0.4, 0.5) is 11.5 Å². The minimum Gasteiger partial charge on any atom is -0.339 e. The van der Waals surface area contributed by atoms with E-state index in [0.717, 1.165) is 16.6 Å². The van der Waals surface area contributed by atoms with Gasteiger partial charge in [0.2, 0.25) is 5.28 Å². The van der Waals surface area contributed by atoms with Crippen molar-refractivity contribution in [2.75, 3.05) is 18.6 Å². The van der Waals surface area contributed by atoms with Crippen LogP contribution in [0.25, 0.3) is 21.9 Å². The summed E-state index contributed by atoms with van der Waals surface area (Å²) in [5, 5.41) is 4.92. The van der Waals surface area contributed by atoms with Gasteiger partial charge in [0.25, 0.3) is 0 Å². The van der Waals surface area contributed by atoms with Crippen molar-refractivity contribution in [2.45, 2.75) is 6.92 Å². The molecule has 2 aromatic carbocycles. The molecule has 2 aromatic heterocycles. The van der Waals surface area contributed by atoms with Crippen molar-refractivity contribution in [3.63, 3.8) is 0 Å². The molecule has 4 rings (SSSR count). The number of benzene rings is 2. The van der Waals surface area contributed by atoms with Gasteiger partial charge < -0.3 is 9.88 Å². The van der Waals surface area contributed by atoms with Crippen LogP contribution in [0.3, 0.4) is 0 Å². The van der Waals surface area contributed by atoms with Gasteiger partial charge >= 0.3 is 0 Å². The first kappa shape index (κ1) is 17.8. The fourth-order valence-electron chi connectivity index (χ4n) is 3.07. The van der Waals surface area contributed by atoms with E-state index in [1.165, 1.54) is 0 Å². The summed E-state index contributed by atoms with van der Waals surface area (Å²) in [5.41, 5.74) is 3.52. The van der Waals surface area contributed by atoms with E-state index < -0.39 is 7.14 Å². The van der Waals surface area contributed by atoms with Crippen LogP contribution in [-0.4, -0.2) is 33.3 Å². The number of hydrogen-bond acceptors (Lipinski definition) is 6. The van der Waals surface area contributed by atoms with Crippen LogP contribution in [-0.2, 0) is 4.57 Å². The molecule has 4 aromatic rings. The van der Waals surface area contributed by atoms with Gasteiger partial charge in [-0.15, -0.1) is 0 Å². The molecular formula is C19H17ClN5OP. The highest BCUT2D eigenvalue weighted by molar-refractivity contribution is 7.71. The SMILES string of the molecule is Cc1cnc2ccc(Nc3nc(Cl)nc4ccccc34)c(P(C)(C)=O)c2n1. The van der Waals surface area contributed by atoms with Gasteiger partial charge in [-0.25, -0.2) is 9.97 Å². The molecule has 1 N–H and O–H groups in total. The van der Waals surface area contributed by atoms with E-state index >= 15 is 0 Å². The number of nitrogens with zero attached hydrogens (tertiary/aromatic N) is 4. The van der Waals surface area contributed by atoms with Crippen LogP contribution >= 0.6 is 18.7 Å². The Morgan fingerprint density at radius 3 is 2.56 bits per heavy atom. The molecule has 0 spiro atoms. The Bertz CT molecular complexity index is 1240. The van der Waals surface area contributed by atoms with Gasteiger partial charge in [0.15, 0.2) is 0 Å². The summed E-state index contributed by atoms with van der Waals surface area (Å²) in [7, 11) is -2.67. The zero-order chi connectivity index (χ0) is 19.2. The van der Waals surface area contributed by atoms with Crippen LogP contribution in [0.1, 0.15) is 5.69 Å². The molecule has 0 fully saturated rings. The van der Waals surface area contributed by atoms with Crippen molar-refractivity contribution in [2.24, 2.45) is 0 Å². The summed E-state index contributed by atoms with van der Waals surface area (Å²) in [6.07, 6.45) is 1.70. The van der Waals surface area contributed by atoms with Crippen LogP contribution in [0, 0.1) is 6.92 Å². The third-order valence-corrected chi connectivity index (χ3v) is 5.87. The Morgan fingerprint density at radius 1 is 1.00 bits per heavy atom. The first-order chi connectivity index (χ1) is 12.8. The third-order valence-electron chi connectivity index (χ3n) is 4.18. The summed E-state index contributed by atoms with van der Waals surface area (Å²) in [6, 6.07) is 11.3. The molecule has 0 aliphatic heterocycles. The molecule has 0 bridgehead atoms. The normalized spacial score (nSPS) is 11.9. The molecular weight excluding hydrogens is 381 g/mol. The molecule has 136 valence electrons. The number of hydrogen-bond donors (Lipinski definition) is 1. The monoisotopic (exact) mass is 397 g/mol. The number of halogens is 1. The minimum absolute atomic E-state index is 0.144. The summed E-state index contributed by atoms with van der Waals surface area (Å²) < 4.78 is 13.1. The van der Waals surface area contributed by atoms with Gasteiger partial charge in [-0.3, -0.25) is 4.98 Å². The topological polar surface area (TPSA) is 80.7 Å². The molecule has 6 nitrogen and oxygen atoms in total. The predicted molar refractivity (Wildman–Crippen MR) is 111 cm³/mol. The van der Waals surface area contributed by atoms with E-state index in [2.05, 4.69) is 25.3 Å². The average Bonchev–Trinajstić information content (AvgIpc) is 2.60. The molecule has 8 heteroatoms. The van der Waals surface area contributed by atoms with Crippen LogP contribution in [0.2, 0.25) is 5.28 Å². The summed E-state index contributed by atoms with van der Waals surface area (Å²) in [6.45, 7) is 5.31. The Balaban J connectivity index is 1.97. The molecule has 0 radical (unpaired) electrons. The van der Waals surface area contributed by atoms with Crippen molar-refractivity contribution in [3.05, 3.63) is 53.6 Å². The van der Waals surface area contributed by atoms with Crippen molar-refractivity contribution in [3.8, 4) is 0 Å². The summed E-state index contributed by atoms with van der Waals surface area (Å²) >= 11 is 6.10. The second kappa shape index (κ2) is 6.55. The molecule has 0 amide bonds. The lowest BCUT2D eigenvalue weighted by Gasteiger charge is -2.17. The van der Waals surface area contributed by atoms with E-state index in [0.29, 0.717) is 27.8 Å². The molecule has 0 aliphatic rings. The minimum atomic E-state index is -2.67. The van der Waals surface area contributed by atoms with Gasteiger partial charge in [0, 0.05) is 11.6 Å². The molecule has 0 unspecified atom stereocenters. The van der Waals surface area contributed by atoms with E-state index in [9.17, 15) is 4.57 Å². The van der Waals surface area contributed by atoms with Crippen molar-refractivity contribution < 1.29 is 4.57 Å². The van der Waals surface area contributed by atoms with Crippen molar-refractivity contribution in [1.82, 2.24) is 19.9 Å². The fourth-order valence-corrected chi connectivity index (χ4v) is 4.63. The van der Waals surface area contributed by atoms with E-state index in [1.807, 2.05) is 43.3 Å². The lowest BCUT2D eigenvalue weighted by molar-refractivity contribution is 0.588. The van der Waals surface area contributed by atoms with Gasteiger partial charge in [0.1, 0.15) is 18.5 Å². The third kappa shape index (κ3) is 3.38. The van der Waals surface area contributed by atoms with Gasteiger partial charge in [-0.05, 0) is 56.1 Å². The number of aromatic nitrogens is 4. The number of rotatable bonds is 3. The second-order valence-electron chi connectivity index (χ2n) is 6.68. The zero-order valence-electron chi connectivity index (χ0n) is 15.1. The highest BCUT2D eigenvalue weighted by Gasteiger charge is 2.22. The maximum atomic E-state index is 13.1. The Hall–Kier alpha value is -2.56. The number of para-hydroxylation sites is 1. The fraction of sp³-hybridized carbons (Fsp3) is 0.158. The zero-order valence-corrected chi connectivity index (χ0v) is 16.7. The number of anilines is 2. The maximum absolute atomic E-state index is 13.1. The van der Waals surface area contributed by atoms with Crippen LogP contribution in [0.5, 0.6) is 0 Å². The number of fused-ring (bicyclic) bond motifs is 2. The highest BCUT2D eigenvalue weighted by Crippen LogP contribution is 2.41. The summed E-state index contributed by atoms with van der Waals surface area (Å²) in [4.78, 5) is 17.6. The molecule has 27 heavy (non-hydrogen) atoms. The number of aryl methyl sites for hydroxylation is 1. The quantitative estimate of drug-likeness (QED) is 0.404. The number of nitrogens with one attached hydrogen (secondary N) is 1. The Morgan fingerprint density at radius 2 is 1.78 bits per heavy atom. The van der Waals surface area contributed by atoms with Gasteiger partial charge in [0.05, 0.1) is 27.7 Å². The van der Waals surface area contributed by atoms with Gasteiger partial charge in [-0.1, -0.05) is 12.1 Å². The van der Waals surface area contributed by atoms with Crippen LogP contribution < -0.4 is 10.6 Å². The lowest BCUT2D eigenvalue weighted by atomic mass is 10.2. The van der Waals surface area contributed by atoms with Crippen molar-refractivity contribution in [1.29, 1.82) is 0 Å². The van der Waals surface area contributed by atoms with Gasteiger partial charge in [-0.2, -0.15) is 4.98 Å². The van der Waals surface area contributed by atoms with E-state index in [1.54, 1.807) is 19.5 Å². The largest absolute Gasteiger partial charge is 0.339 e. The van der Waals surface area contributed by atoms with Crippen LogP contribution in [0.15, 0.2) is 42.6 Å². The molecule has 0 saturated heterocycles. The molecule has 2 heterocycles. The Labute approximate surface area is 161 Å². The highest BCUT2D eigenvalue weighted by atomic mass is 35.5. The average molecular weight is 398 g/mol. The Kier molecular flexibility index (Phi) is 4.33. The first-order valence-electron chi connectivity index (χ1n) is 8.34. The first-order valence-corrected chi connectivity index (χ1v) is 11.3. The van der Waals surface area contributed by atoms with Crippen molar-refractivity contribution >= 4 is 57.5 Å². The standard InChI is InChI=1S/C19H17ClN5OP/c1-11-10-21-14-8-9-15(17(16(14)22-11)27(2,3)26)23-18-12-6-4-5-7-13(12)24-19(20)25-18/h4-10H,1-3H3,(H,23,24,25). The predicted octanol–water partition coefficient (Wildman–Crippen LogP) is 4.53.